The number of para-hydroxylation sites is 1. The number of anilines is 2. The van der Waals surface area contributed by atoms with E-state index in [1.165, 1.54) is 29.6 Å². The molecule has 0 aliphatic carbocycles. The first-order valence-electron chi connectivity index (χ1n) is 10.8. The Hall–Kier alpha value is -4.01. The molecule has 2 N–H and O–H groups in total. The second-order valence-corrected chi connectivity index (χ2v) is 10.1. The topological polar surface area (TPSA) is 78.5 Å². The number of thiocarbonyl (C=S) groups is 1. The first kappa shape index (κ1) is 24.1. The zero-order valence-electron chi connectivity index (χ0n) is 18.9. The molecular weight excluding hydrogens is 478 g/mol. The van der Waals surface area contributed by atoms with Gasteiger partial charge in [-0.15, -0.1) is 0 Å². The zero-order chi connectivity index (χ0) is 24.8. The average Bonchev–Trinajstić information content (AvgIpc) is 2.87. The summed E-state index contributed by atoms with van der Waals surface area (Å²) in [6, 6.07) is 28.8. The number of sulfonamides is 1. The highest BCUT2D eigenvalue weighted by Gasteiger charge is 2.21. The van der Waals surface area contributed by atoms with Gasteiger partial charge in [-0.25, -0.2) is 8.42 Å². The van der Waals surface area contributed by atoms with E-state index >= 15 is 0 Å². The fraction of sp³-hybridized carbons (Fsp3) is 0.0370. The lowest BCUT2D eigenvalue weighted by atomic mass is 10.0. The lowest BCUT2D eigenvalue weighted by Crippen LogP contribution is -2.32. The predicted octanol–water partition coefficient (Wildman–Crippen LogP) is 5.19. The van der Waals surface area contributed by atoms with Crippen molar-refractivity contribution in [1.82, 2.24) is 5.32 Å². The van der Waals surface area contributed by atoms with E-state index in [4.69, 9.17) is 12.2 Å². The Morgan fingerprint density at radius 1 is 0.857 bits per heavy atom. The smallest absolute Gasteiger partial charge is 0.264 e. The summed E-state index contributed by atoms with van der Waals surface area (Å²) in [5, 5.41) is 7.74. The second-order valence-electron chi connectivity index (χ2n) is 7.68. The lowest BCUT2D eigenvalue weighted by molar-refractivity contribution is -0.115. The van der Waals surface area contributed by atoms with Crippen LogP contribution >= 0.6 is 12.2 Å². The van der Waals surface area contributed by atoms with Crippen molar-refractivity contribution in [1.29, 1.82) is 0 Å². The molecule has 0 aliphatic heterocycles. The quantitative estimate of drug-likeness (QED) is 0.281. The summed E-state index contributed by atoms with van der Waals surface area (Å²) in [5.41, 5.74) is 2.04. The molecule has 0 bridgehead atoms. The van der Waals surface area contributed by atoms with Crippen LogP contribution in [0.15, 0.2) is 108 Å². The molecule has 0 aromatic heterocycles. The van der Waals surface area contributed by atoms with E-state index in [9.17, 15) is 13.2 Å². The first-order valence-corrected chi connectivity index (χ1v) is 12.6. The number of nitrogens with zero attached hydrogens (tertiary/aromatic N) is 1. The van der Waals surface area contributed by atoms with Crippen molar-refractivity contribution in [3.63, 3.8) is 0 Å². The molecule has 0 saturated carbocycles. The van der Waals surface area contributed by atoms with Gasteiger partial charge in [0.1, 0.15) is 0 Å². The summed E-state index contributed by atoms with van der Waals surface area (Å²) in [5.74, 6) is -0.376. The molecule has 4 rings (SSSR count). The van der Waals surface area contributed by atoms with Crippen molar-refractivity contribution in [2.45, 2.75) is 4.90 Å². The van der Waals surface area contributed by atoms with Gasteiger partial charge in [0.2, 0.25) is 5.91 Å². The molecule has 0 aliphatic rings. The van der Waals surface area contributed by atoms with Gasteiger partial charge in [-0.05, 0) is 71.0 Å². The van der Waals surface area contributed by atoms with E-state index in [-0.39, 0.29) is 15.9 Å². The van der Waals surface area contributed by atoms with Gasteiger partial charge in [-0.1, -0.05) is 60.7 Å². The van der Waals surface area contributed by atoms with Gasteiger partial charge in [-0.3, -0.25) is 14.4 Å². The van der Waals surface area contributed by atoms with Crippen LogP contribution in [0.4, 0.5) is 11.4 Å². The fourth-order valence-corrected chi connectivity index (χ4v) is 4.94. The number of carbonyl (C=O) groups is 1. The van der Waals surface area contributed by atoms with Crippen molar-refractivity contribution in [3.05, 3.63) is 109 Å². The third-order valence-electron chi connectivity index (χ3n) is 5.36. The molecule has 0 heterocycles. The lowest BCUT2D eigenvalue weighted by Gasteiger charge is -2.19. The minimum Gasteiger partial charge on any atom is -0.332 e. The Kier molecular flexibility index (Phi) is 7.24. The van der Waals surface area contributed by atoms with Gasteiger partial charge >= 0.3 is 0 Å². The SMILES string of the molecule is CN(c1ccccc1)S(=O)(=O)c1ccc(NC(=S)NC(=O)C=Cc2cccc3ccccc23)cc1. The maximum Gasteiger partial charge on any atom is 0.264 e. The molecule has 0 atom stereocenters. The van der Waals surface area contributed by atoms with Crippen molar-refractivity contribution in [2.24, 2.45) is 0 Å². The molecular formula is C27H23N3O3S2. The van der Waals surface area contributed by atoms with Crippen LogP contribution in [0, 0.1) is 0 Å². The van der Waals surface area contributed by atoms with Crippen LogP contribution in [-0.4, -0.2) is 26.5 Å². The van der Waals surface area contributed by atoms with Gasteiger partial charge in [-0.2, -0.15) is 0 Å². The summed E-state index contributed by atoms with van der Waals surface area (Å²) >= 11 is 5.23. The number of nitrogens with one attached hydrogen (secondary N) is 2. The molecule has 1 amide bonds. The minimum atomic E-state index is -3.71. The molecule has 0 fully saturated rings. The Balaban J connectivity index is 1.38. The number of benzene rings is 4. The number of amides is 1. The standard InChI is InChI=1S/C27H23N3O3S2/c1-30(23-11-3-2-4-12-23)35(32,33)24-17-15-22(16-18-24)28-27(34)29-26(31)19-14-21-10-7-9-20-8-5-6-13-25(20)21/h2-19H,1H3,(H2,28,29,31,34). The van der Waals surface area contributed by atoms with Crippen LogP contribution in [0.25, 0.3) is 16.8 Å². The second kappa shape index (κ2) is 10.5. The predicted molar refractivity (Wildman–Crippen MR) is 146 cm³/mol. The van der Waals surface area contributed by atoms with E-state index in [0.717, 1.165) is 16.3 Å². The summed E-state index contributed by atoms with van der Waals surface area (Å²) in [7, 11) is -2.20. The Morgan fingerprint density at radius 2 is 1.51 bits per heavy atom. The van der Waals surface area contributed by atoms with Gasteiger partial charge in [0.25, 0.3) is 10.0 Å². The summed E-state index contributed by atoms with van der Waals surface area (Å²) < 4.78 is 27.0. The van der Waals surface area contributed by atoms with Crippen LogP contribution in [0.3, 0.4) is 0 Å². The molecule has 35 heavy (non-hydrogen) atoms. The molecule has 0 saturated heterocycles. The molecule has 0 spiro atoms. The molecule has 8 heteroatoms. The number of carbonyl (C=O) groups excluding carboxylic acids is 1. The highest BCUT2D eigenvalue weighted by molar-refractivity contribution is 7.92. The molecule has 6 nitrogen and oxygen atoms in total. The van der Waals surface area contributed by atoms with E-state index in [1.807, 2.05) is 48.5 Å². The van der Waals surface area contributed by atoms with Gasteiger partial charge in [0.15, 0.2) is 5.11 Å². The third-order valence-corrected chi connectivity index (χ3v) is 7.37. The number of hydrogen-bond acceptors (Lipinski definition) is 4. The maximum atomic E-state index is 12.9. The Labute approximate surface area is 210 Å². The molecule has 0 unspecified atom stereocenters. The Bertz CT molecular complexity index is 1490. The number of fused-ring (bicyclic) bond motifs is 1. The van der Waals surface area contributed by atoms with Crippen LogP contribution in [0.5, 0.6) is 0 Å². The van der Waals surface area contributed by atoms with Crippen LogP contribution in [0.1, 0.15) is 5.56 Å². The Morgan fingerprint density at radius 3 is 2.26 bits per heavy atom. The monoisotopic (exact) mass is 501 g/mol. The maximum absolute atomic E-state index is 12.9. The molecule has 0 radical (unpaired) electrons. The van der Waals surface area contributed by atoms with E-state index in [1.54, 1.807) is 42.5 Å². The van der Waals surface area contributed by atoms with Crippen molar-refractivity contribution >= 4 is 61.5 Å². The summed E-state index contributed by atoms with van der Waals surface area (Å²) in [6.07, 6.45) is 3.16. The zero-order valence-corrected chi connectivity index (χ0v) is 20.5. The normalized spacial score (nSPS) is 11.3. The highest BCUT2D eigenvalue weighted by atomic mass is 32.2. The fourth-order valence-electron chi connectivity index (χ4n) is 3.52. The number of hydrogen-bond donors (Lipinski definition) is 2. The van der Waals surface area contributed by atoms with Gasteiger partial charge in [0.05, 0.1) is 10.6 Å². The van der Waals surface area contributed by atoms with E-state index in [0.29, 0.717) is 11.4 Å². The molecule has 4 aromatic carbocycles. The van der Waals surface area contributed by atoms with Crippen LogP contribution in [0.2, 0.25) is 0 Å². The van der Waals surface area contributed by atoms with Crippen molar-refractivity contribution < 1.29 is 13.2 Å². The molecule has 4 aromatic rings. The van der Waals surface area contributed by atoms with Crippen LogP contribution < -0.4 is 14.9 Å². The first-order chi connectivity index (χ1) is 16.8. The summed E-state index contributed by atoms with van der Waals surface area (Å²) in [6.45, 7) is 0. The third kappa shape index (κ3) is 5.74. The van der Waals surface area contributed by atoms with Crippen molar-refractivity contribution in [2.75, 3.05) is 16.7 Å². The summed E-state index contributed by atoms with van der Waals surface area (Å²) in [4.78, 5) is 12.5. The van der Waals surface area contributed by atoms with Gasteiger partial charge in [0, 0.05) is 18.8 Å². The minimum absolute atomic E-state index is 0.106. The van der Waals surface area contributed by atoms with Gasteiger partial charge < -0.3 is 5.32 Å². The van der Waals surface area contributed by atoms with E-state index < -0.39 is 10.0 Å². The largest absolute Gasteiger partial charge is 0.332 e. The van der Waals surface area contributed by atoms with E-state index in [2.05, 4.69) is 10.6 Å². The van der Waals surface area contributed by atoms with Crippen LogP contribution in [-0.2, 0) is 14.8 Å². The highest BCUT2D eigenvalue weighted by Crippen LogP contribution is 2.23. The average molecular weight is 502 g/mol. The number of rotatable bonds is 6. The molecule has 176 valence electrons. The van der Waals surface area contributed by atoms with Crippen molar-refractivity contribution in [3.8, 4) is 0 Å².